The monoisotopic (exact) mass is 341 g/mol. The van der Waals surface area contributed by atoms with Crippen LogP contribution in [0.2, 0.25) is 0 Å². The maximum absolute atomic E-state index is 12.8. The summed E-state index contributed by atoms with van der Waals surface area (Å²) in [6, 6.07) is 1.82. The van der Waals surface area contributed by atoms with E-state index in [-0.39, 0.29) is 18.4 Å². The van der Waals surface area contributed by atoms with Gasteiger partial charge < -0.3 is 10.0 Å². The smallest absolute Gasteiger partial charge is 0.305 e. The number of rotatable bonds is 6. The normalized spacial score (nSPS) is 18.5. The molecule has 0 bridgehead atoms. The van der Waals surface area contributed by atoms with Crippen molar-refractivity contribution in [3.8, 4) is 0 Å². The van der Waals surface area contributed by atoms with Gasteiger partial charge in [0.25, 0.3) is 5.91 Å². The second-order valence-corrected chi connectivity index (χ2v) is 7.77. The lowest BCUT2D eigenvalue weighted by Crippen LogP contribution is -2.46. The van der Waals surface area contributed by atoms with Crippen molar-refractivity contribution in [1.82, 2.24) is 4.90 Å². The molecule has 1 fully saturated rings. The van der Waals surface area contributed by atoms with E-state index in [1.54, 1.807) is 28.0 Å². The molecule has 0 aromatic carbocycles. The van der Waals surface area contributed by atoms with Crippen molar-refractivity contribution in [2.45, 2.75) is 45.6 Å². The van der Waals surface area contributed by atoms with Gasteiger partial charge in [0.1, 0.15) is 0 Å². The molecule has 2 rings (SSSR count). The molecule has 0 spiro atoms. The zero-order valence-electron chi connectivity index (χ0n) is 13.1. The molecule has 1 atom stereocenters. The molecule has 0 aliphatic carbocycles. The summed E-state index contributed by atoms with van der Waals surface area (Å²) in [6.45, 7) is 4.90. The van der Waals surface area contributed by atoms with Crippen LogP contribution in [0.5, 0.6) is 0 Å². The molecule has 0 radical (unpaired) electrons. The van der Waals surface area contributed by atoms with Crippen LogP contribution >= 0.6 is 23.1 Å². The number of nitrogens with zero attached hydrogens (tertiary/aromatic N) is 1. The summed E-state index contributed by atoms with van der Waals surface area (Å²) in [5, 5.41) is 9.05. The van der Waals surface area contributed by atoms with E-state index in [4.69, 9.17) is 5.11 Å². The average molecular weight is 341 g/mol. The van der Waals surface area contributed by atoms with Gasteiger partial charge >= 0.3 is 5.97 Å². The highest BCUT2D eigenvalue weighted by atomic mass is 32.2. The number of hydrogen-bond acceptors (Lipinski definition) is 4. The van der Waals surface area contributed by atoms with E-state index in [0.717, 1.165) is 29.9 Å². The molecule has 1 unspecified atom stereocenters. The van der Waals surface area contributed by atoms with Crippen LogP contribution < -0.4 is 0 Å². The van der Waals surface area contributed by atoms with Gasteiger partial charge in [-0.2, -0.15) is 11.8 Å². The van der Waals surface area contributed by atoms with Crippen LogP contribution in [0.3, 0.4) is 0 Å². The summed E-state index contributed by atoms with van der Waals surface area (Å²) in [5.41, 5.74) is 1.26. The van der Waals surface area contributed by atoms with Crippen LogP contribution in [0, 0.1) is 0 Å². The lowest BCUT2D eigenvalue weighted by Gasteiger charge is -2.34. The van der Waals surface area contributed by atoms with Gasteiger partial charge in [-0.15, -0.1) is 11.3 Å². The third-order valence-corrected chi connectivity index (χ3v) is 6.18. The Kier molecular flexibility index (Phi) is 6.32. The van der Waals surface area contributed by atoms with E-state index in [2.05, 4.69) is 13.8 Å². The zero-order chi connectivity index (χ0) is 16.1. The van der Waals surface area contributed by atoms with Gasteiger partial charge in [-0.3, -0.25) is 9.59 Å². The Morgan fingerprint density at radius 2 is 2.18 bits per heavy atom. The van der Waals surface area contributed by atoms with E-state index in [1.165, 1.54) is 10.4 Å². The second-order valence-electron chi connectivity index (χ2n) is 5.49. The van der Waals surface area contributed by atoms with Crippen molar-refractivity contribution in [3.63, 3.8) is 0 Å². The topological polar surface area (TPSA) is 57.6 Å². The average Bonchev–Trinajstić information content (AvgIpc) is 2.90. The van der Waals surface area contributed by atoms with E-state index in [0.29, 0.717) is 12.3 Å². The number of carboxylic acid groups (broad SMARTS) is 1. The van der Waals surface area contributed by atoms with E-state index < -0.39 is 5.97 Å². The molecule has 1 amide bonds. The third kappa shape index (κ3) is 4.04. The summed E-state index contributed by atoms with van der Waals surface area (Å²) in [5.74, 6) is 0.771. The van der Waals surface area contributed by atoms with Crippen LogP contribution in [0.1, 0.15) is 46.8 Å². The number of hydrogen-bond donors (Lipinski definition) is 1. The number of carbonyl (C=O) groups excluding carboxylic acids is 1. The van der Waals surface area contributed by atoms with Crippen LogP contribution in [0.15, 0.2) is 6.07 Å². The molecule has 22 heavy (non-hydrogen) atoms. The number of aryl methyl sites for hydroxylation is 2. The first-order valence-corrected chi connectivity index (χ1v) is 9.76. The highest BCUT2D eigenvalue weighted by Gasteiger charge is 2.30. The highest BCUT2D eigenvalue weighted by Crippen LogP contribution is 2.28. The first-order valence-electron chi connectivity index (χ1n) is 7.78. The Hall–Kier alpha value is -1.01. The Labute approximate surface area is 139 Å². The van der Waals surface area contributed by atoms with Gasteiger partial charge in [0.2, 0.25) is 0 Å². The predicted octanol–water partition coefficient (Wildman–Crippen LogP) is 3.30. The Bertz CT molecular complexity index is 541. The van der Waals surface area contributed by atoms with Crippen molar-refractivity contribution in [2.24, 2.45) is 0 Å². The number of carbonyl (C=O) groups is 2. The minimum absolute atomic E-state index is 0.00797. The fourth-order valence-electron chi connectivity index (χ4n) is 2.74. The number of amides is 1. The molecular weight excluding hydrogens is 318 g/mol. The van der Waals surface area contributed by atoms with Crippen LogP contribution in [-0.4, -0.2) is 46.0 Å². The quantitative estimate of drug-likeness (QED) is 0.862. The summed E-state index contributed by atoms with van der Waals surface area (Å²) >= 11 is 3.31. The standard InChI is InChI=1S/C16H23NO3S2/c1-3-5-13-11(4-2)8-14(22-13)16(20)17-6-7-21-10-12(17)9-15(18)19/h8,12H,3-7,9-10H2,1-2H3,(H,18,19). The molecule has 6 heteroatoms. The van der Waals surface area contributed by atoms with Gasteiger partial charge in [0.05, 0.1) is 17.3 Å². The van der Waals surface area contributed by atoms with E-state index in [9.17, 15) is 9.59 Å². The molecular formula is C16H23NO3S2. The largest absolute Gasteiger partial charge is 0.481 e. The number of thiophene rings is 1. The van der Waals surface area contributed by atoms with Crippen molar-refractivity contribution >= 4 is 35.0 Å². The maximum Gasteiger partial charge on any atom is 0.305 e. The number of aliphatic carboxylic acids is 1. The summed E-state index contributed by atoms with van der Waals surface area (Å²) in [6.07, 6.45) is 3.05. The fraction of sp³-hybridized carbons (Fsp3) is 0.625. The predicted molar refractivity (Wildman–Crippen MR) is 92.1 cm³/mol. The number of thioether (sulfide) groups is 1. The van der Waals surface area contributed by atoms with Gasteiger partial charge in [-0.25, -0.2) is 0 Å². The van der Waals surface area contributed by atoms with Crippen LogP contribution in [0.25, 0.3) is 0 Å². The summed E-state index contributed by atoms with van der Waals surface area (Å²) in [4.78, 5) is 27.7. The first kappa shape index (κ1) is 17.3. The van der Waals surface area contributed by atoms with Crippen LogP contribution in [0.4, 0.5) is 0 Å². The van der Waals surface area contributed by atoms with Gasteiger partial charge in [-0.1, -0.05) is 20.3 Å². The molecule has 1 saturated heterocycles. The van der Waals surface area contributed by atoms with Gasteiger partial charge in [-0.05, 0) is 24.5 Å². The molecule has 2 heterocycles. The van der Waals surface area contributed by atoms with Crippen molar-refractivity contribution < 1.29 is 14.7 Å². The summed E-state index contributed by atoms with van der Waals surface area (Å²) in [7, 11) is 0. The van der Waals surface area contributed by atoms with Gasteiger partial charge in [0, 0.05) is 22.9 Å². The van der Waals surface area contributed by atoms with E-state index in [1.807, 2.05) is 6.07 Å². The first-order chi connectivity index (χ1) is 10.6. The lowest BCUT2D eigenvalue weighted by molar-refractivity contribution is -0.138. The minimum Gasteiger partial charge on any atom is -0.481 e. The van der Waals surface area contributed by atoms with Gasteiger partial charge in [0.15, 0.2) is 0 Å². The Morgan fingerprint density at radius 1 is 1.41 bits per heavy atom. The van der Waals surface area contributed by atoms with Crippen molar-refractivity contribution in [3.05, 3.63) is 21.4 Å². The van der Waals surface area contributed by atoms with Crippen LogP contribution in [-0.2, 0) is 17.6 Å². The molecule has 1 N–H and O–H groups in total. The number of carboxylic acids is 1. The zero-order valence-corrected chi connectivity index (χ0v) is 14.8. The molecule has 1 aliphatic heterocycles. The van der Waals surface area contributed by atoms with E-state index >= 15 is 0 Å². The molecule has 4 nitrogen and oxygen atoms in total. The van der Waals surface area contributed by atoms with Crippen molar-refractivity contribution in [1.29, 1.82) is 0 Å². The lowest BCUT2D eigenvalue weighted by atomic mass is 10.1. The molecule has 1 aromatic rings. The van der Waals surface area contributed by atoms with Crippen molar-refractivity contribution in [2.75, 3.05) is 18.1 Å². The minimum atomic E-state index is -0.836. The summed E-state index contributed by atoms with van der Waals surface area (Å²) < 4.78 is 0. The molecule has 122 valence electrons. The Balaban J connectivity index is 2.19. The SMILES string of the molecule is CCCc1sc(C(=O)N2CCSCC2CC(=O)O)cc1CC. The molecule has 1 aliphatic rings. The highest BCUT2D eigenvalue weighted by molar-refractivity contribution is 7.99. The maximum atomic E-state index is 12.8. The second kappa shape index (κ2) is 8.02. The third-order valence-electron chi connectivity index (χ3n) is 3.86. The molecule has 1 aromatic heterocycles. The molecule has 0 saturated carbocycles. The fourth-order valence-corrected chi connectivity index (χ4v) is 5.12. The Morgan fingerprint density at radius 3 is 2.82 bits per heavy atom.